The van der Waals surface area contributed by atoms with Crippen LogP contribution in [-0.4, -0.2) is 55.9 Å². The molecule has 1 fully saturated rings. The van der Waals surface area contributed by atoms with Gasteiger partial charge in [0.25, 0.3) is 5.91 Å². The van der Waals surface area contributed by atoms with E-state index in [1.54, 1.807) is 38.0 Å². The highest BCUT2D eigenvalue weighted by Crippen LogP contribution is 2.28. The summed E-state index contributed by atoms with van der Waals surface area (Å²) in [5, 5.41) is 0. The van der Waals surface area contributed by atoms with Crippen LogP contribution in [0.5, 0.6) is 5.75 Å². The van der Waals surface area contributed by atoms with Crippen molar-refractivity contribution in [2.24, 2.45) is 0 Å². The number of carbonyl (C=O) groups is 1. The maximum absolute atomic E-state index is 13.4. The van der Waals surface area contributed by atoms with E-state index in [0.29, 0.717) is 30.0 Å². The minimum atomic E-state index is 0.0177. The number of aromatic nitrogens is 5. The Morgan fingerprint density at radius 2 is 2.06 bits per heavy atom. The second kappa shape index (κ2) is 10.0. The molecule has 1 atom stereocenters. The molecule has 35 heavy (non-hydrogen) atoms. The smallest absolute Gasteiger partial charge is 0.253 e. The number of hydrogen-bond donors (Lipinski definition) is 1. The Hall–Kier alpha value is -4.07. The van der Waals surface area contributed by atoms with Crippen LogP contribution < -0.4 is 4.74 Å². The lowest BCUT2D eigenvalue weighted by atomic mass is 9.94. The summed E-state index contributed by atoms with van der Waals surface area (Å²) in [6.07, 6.45) is 9.49. The largest absolute Gasteiger partial charge is 0.496 e. The number of rotatable bonds is 6. The molecule has 0 aliphatic carbocycles. The maximum Gasteiger partial charge on any atom is 0.253 e. The molecule has 3 aromatic heterocycles. The number of nitrogens with one attached hydrogen (secondary N) is 1. The van der Waals surface area contributed by atoms with Gasteiger partial charge in [-0.15, -0.1) is 0 Å². The summed E-state index contributed by atoms with van der Waals surface area (Å²) in [5.74, 6) is 1.67. The van der Waals surface area contributed by atoms with E-state index in [1.807, 2.05) is 42.2 Å². The summed E-state index contributed by atoms with van der Waals surface area (Å²) in [6.45, 7) is 3.29. The molecule has 1 N–H and O–H groups in total. The maximum atomic E-state index is 13.4. The highest BCUT2D eigenvalue weighted by Gasteiger charge is 2.27. The third-order valence-corrected chi connectivity index (χ3v) is 6.35. The molecule has 178 valence electrons. The van der Waals surface area contributed by atoms with E-state index in [4.69, 9.17) is 9.72 Å². The molecule has 1 aliphatic heterocycles. The van der Waals surface area contributed by atoms with Crippen LogP contribution in [0.15, 0.2) is 61.2 Å². The molecule has 0 radical (unpaired) electrons. The van der Waals surface area contributed by atoms with E-state index in [-0.39, 0.29) is 11.8 Å². The molecule has 0 spiro atoms. The Morgan fingerprint density at radius 3 is 2.89 bits per heavy atom. The standard InChI is InChI=1S/C27H28N6O2/c1-18-14-30-26(31-18)24-16-28-15-23(32-24)21-7-5-11-33(17-21)27(34)20-9-10-29-22(13-20)12-19-6-3-4-8-25(19)35-2/h3-4,6,8-10,13-16,21H,5,7,11-12,17H2,1-2H3,(H,30,31)/t21-/m0/s1. The second-order valence-corrected chi connectivity index (χ2v) is 8.86. The number of imidazole rings is 1. The summed E-state index contributed by atoms with van der Waals surface area (Å²) < 4.78 is 5.46. The fourth-order valence-corrected chi connectivity index (χ4v) is 4.57. The van der Waals surface area contributed by atoms with Crippen molar-refractivity contribution in [3.8, 4) is 17.3 Å². The average Bonchev–Trinajstić information content (AvgIpc) is 3.35. The number of ether oxygens (including phenoxy) is 1. The Labute approximate surface area is 204 Å². The topological polar surface area (TPSA) is 96.9 Å². The van der Waals surface area contributed by atoms with Crippen LogP contribution in [0, 0.1) is 6.92 Å². The predicted octanol–water partition coefficient (Wildman–Crippen LogP) is 4.19. The van der Waals surface area contributed by atoms with Gasteiger partial charge in [-0.25, -0.2) is 9.97 Å². The van der Waals surface area contributed by atoms with Crippen molar-refractivity contribution >= 4 is 5.91 Å². The lowest BCUT2D eigenvalue weighted by Gasteiger charge is -2.32. The predicted molar refractivity (Wildman–Crippen MR) is 132 cm³/mol. The van der Waals surface area contributed by atoms with E-state index in [0.717, 1.165) is 47.8 Å². The number of benzene rings is 1. The lowest BCUT2D eigenvalue weighted by molar-refractivity contribution is 0.0705. The van der Waals surface area contributed by atoms with Crippen molar-refractivity contribution in [2.45, 2.75) is 32.1 Å². The van der Waals surface area contributed by atoms with Gasteiger partial charge in [0.2, 0.25) is 0 Å². The molecule has 0 saturated carbocycles. The van der Waals surface area contributed by atoms with Crippen molar-refractivity contribution < 1.29 is 9.53 Å². The highest BCUT2D eigenvalue weighted by molar-refractivity contribution is 5.94. The number of carbonyl (C=O) groups excluding carboxylic acids is 1. The van der Waals surface area contributed by atoms with Gasteiger partial charge in [-0.1, -0.05) is 18.2 Å². The van der Waals surface area contributed by atoms with Crippen molar-refractivity contribution in [2.75, 3.05) is 20.2 Å². The molecule has 1 aromatic carbocycles. The summed E-state index contributed by atoms with van der Waals surface area (Å²) in [5.41, 5.74) is 5.10. The third-order valence-electron chi connectivity index (χ3n) is 6.35. The first-order valence-corrected chi connectivity index (χ1v) is 11.8. The zero-order valence-corrected chi connectivity index (χ0v) is 19.9. The number of H-pyrrole nitrogens is 1. The zero-order valence-electron chi connectivity index (χ0n) is 19.9. The minimum absolute atomic E-state index is 0.0177. The fourth-order valence-electron chi connectivity index (χ4n) is 4.57. The average molecular weight is 469 g/mol. The quantitative estimate of drug-likeness (QED) is 0.456. The van der Waals surface area contributed by atoms with E-state index in [1.165, 1.54) is 0 Å². The Bertz CT molecular complexity index is 1330. The van der Waals surface area contributed by atoms with Gasteiger partial charge in [0.1, 0.15) is 11.4 Å². The molecule has 8 nitrogen and oxygen atoms in total. The number of aryl methyl sites for hydroxylation is 1. The van der Waals surface area contributed by atoms with Crippen molar-refractivity contribution in [3.63, 3.8) is 0 Å². The van der Waals surface area contributed by atoms with Crippen LogP contribution >= 0.6 is 0 Å². The number of aromatic amines is 1. The van der Waals surface area contributed by atoms with E-state index < -0.39 is 0 Å². The monoisotopic (exact) mass is 468 g/mol. The number of pyridine rings is 1. The number of amides is 1. The Balaban J connectivity index is 1.31. The molecule has 1 aliphatic rings. The van der Waals surface area contributed by atoms with Crippen molar-refractivity contribution in [3.05, 3.63) is 89.4 Å². The van der Waals surface area contributed by atoms with Gasteiger partial charge >= 0.3 is 0 Å². The molecule has 1 amide bonds. The molecule has 1 saturated heterocycles. The van der Waals surface area contributed by atoms with E-state index in [2.05, 4.69) is 19.9 Å². The number of methoxy groups -OCH3 is 1. The minimum Gasteiger partial charge on any atom is -0.496 e. The summed E-state index contributed by atoms with van der Waals surface area (Å²) in [4.78, 5) is 36.6. The normalized spacial score (nSPS) is 15.7. The molecule has 5 rings (SSSR count). The second-order valence-electron chi connectivity index (χ2n) is 8.86. The summed E-state index contributed by atoms with van der Waals surface area (Å²) >= 11 is 0. The van der Waals surface area contributed by atoms with Crippen molar-refractivity contribution in [1.29, 1.82) is 0 Å². The Morgan fingerprint density at radius 1 is 1.17 bits per heavy atom. The van der Waals surface area contributed by atoms with Crippen molar-refractivity contribution in [1.82, 2.24) is 29.8 Å². The van der Waals surface area contributed by atoms with Gasteiger partial charge in [-0.3, -0.25) is 14.8 Å². The molecule has 0 bridgehead atoms. The summed E-state index contributed by atoms with van der Waals surface area (Å²) in [7, 11) is 1.66. The molecule has 4 heterocycles. The van der Waals surface area contributed by atoms with Gasteiger partial charge in [-0.2, -0.15) is 0 Å². The number of para-hydroxylation sites is 1. The first kappa shape index (κ1) is 22.7. The third kappa shape index (κ3) is 5.06. The fraction of sp³-hybridized carbons (Fsp3) is 0.296. The lowest BCUT2D eigenvalue weighted by Crippen LogP contribution is -2.39. The van der Waals surface area contributed by atoms with Crippen LogP contribution in [0.25, 0.3) is 11.5 Å². The van der Waals surface area contributed by atoms with Gasteiger partial charge in [0, 0.05) is 66.5 Å². The molecular weight excluding hydrogens is 440 g/mol. The number of nitrogens with zero attached hydrogens (tertiary/aromatic N) is 5. The first-order valence-electron chi connectivity index (χ1n) is 11.8. The van der Waals surface area contributed by atoms with Crippen LogP contribution in [-0.2, 0) is 6.42 Å². The van der Waals surface area contributed by atoms with Gasteiger partial charge in [0.05, 0.1) is 19.0 Å². The van der Waals surface area contributed by atoms with Crippen LogP contribution in [0.1, 0.15) is 51.8 Å². The number of hydrogen-bond acceptors (Lipinski definition) is 6. The van der Waals surface area contributed by atoms with Gasteiger partial charge in [0.15, 0.2) is 5.82 Å². The molecule has 0 unspecified atom stereocenters. The van der Waals surface area contributed by atoms with Crippen LogP contribution in [0.3, 0.4) is 0 Å². The Kier molecular flexibility index (Phi) is 6.52. The molecule has 4 aromatic rings. The van der Waals surface area contributed by atoms with Crippen LogP contribution in [0.4, 0.5) is 0 Å². The molecule has 8 heteroatoms. The number of likely N-dealkylation sites (tertiary alicyclic amines) is 1. The number of piperidine rings is 1. The van der Waals surface area contributed by atoms with Crippen LogP contribution in [0.2, 0.25) is 0 Å². The SMILES string of the molecule is COc1ccccc1Cc1cc(C(=O)N2CCC[C@H](c3cncc(-c4ncc(C)[nH]4)n3)C2)ccn1. The van der Waals surface area contributed by atoms with E-state index >= 15 is 0 Å². The van der Waals surface area contributed by atoms with Gasteiger partial charge < -0.3 is 14.6 Å². The highest BCUT2D eigenvalue weighted by atomic mass is 16.5. The first-order chi connectivity index (χ1) is 17.1. The van der Waals surface area contributed by atoms with Gasteiger partial charge in [-0.05, 0) is 38.0 Å². The molecular formula is C27H28N6O2. The van der Waals surface area contributed by atoms with E-state index in [9.17, 15) is 4.79 Å². The zero-order chi connectivity index (χ0) is 24.2. The summed E-state index contributed by atoms with van der Waals surface area (Å²) in [6, 6.07) is 11.5.